The van der Waals surface area contributed by atoms with Crippen LogP contribution in [0, 0.1) is 5.92 Å². The second-order valence-corrected chi connectivity index (χ2v) is 4.08. The van der Waals surface area contributed by atoms with Gasteiger partial charge in [-0.3, -0.25) is 4.79 Å². The monoisotopic (exact) mass is 192 g/mol. The minimum Gasteiger partial charge on any atom is -0.325 e. The van der Waals surface area contributed by atoms with Crippen molar-refractivity contribution >= 4 is 6.29 Å². The van der Waals surface area contributed by atoms with E-state index in [1.54, 1.807) is 12.5 Å². The van der Waals surface area contributed by atoms with Crippen LogP contribution in [-0.4, -0.2) is 15.8 Å². The first-order valence-corrected chi connectivity index (χ1v) is 5.32. The number of aromatic nitrogens is 2. The quantitative estimate of drug-likeness (QED) is 0.671. The van der Waals surface area contributed by atoms with Gasteiger partial charge in [-0.25, -0.2) is 4.98 Å². The summed E-state index contributed by atoms with van der Waals surface area (Å²) in [7, 11) is 0. The number of carbonyl (C=O) groups is 1. The SMILES string of the molecule is CCC(CC1CC1)n1cncc1C=O. The van der Waals surface area contributed by atoms with Crippen LogP contribution in [-0.2, 0) is 0 Å². The Balaban J connectivity index is 2.12. The van der Waals surface area contributed by atoms with Gasteiger partial charge in [-0.1, -0.05) is 19.8 Å². The molecular formula is C11H16N2O. The Labute approximate surface area is 84.1 Å². The van der Waals surface area contributed by atoms with Gasteiger partial charge in [-0.15, -0.1) is 0 Å². The van der Waals surface area contributed by atoms with E-state index in [4.69, 9.17) is 0 Å². The average Bonchev–Trinajstić information content (AvgIpc) is 2.90. The van der Waals surface area contributed by atoms with Crippen molar-refractivity contribution in [2.24, 2.45) is 5.92 Å². The van der Waals surface area contributed by atoms with Crippen LogP contribution in [0.1, 0.15) is 49.1 Å². The van der Waals surface area contributed by atoms with E-state index in [1.807, 2.05) is 4.57 Å². The number of nitrogens with zero attached hydrogens (tertiary/aromatic N) is 2. The van der Waals surface area contributed by atoms with Gasteiger partial charge < -0.3 is 4.57 Å². The van der Waals surface area contributed by atoms with Gasteiger partial charge in [0.25, 0.3) is 0 Å². The Hall–Kier alpha value is -1.12. The van der Waals surface area contributed by atoms with E-state index in [1.165, 1.54) is 19.3 Å². The van der Waals surface area contributed by atoms with Gasteiger partial charge in [0.1, 0.15) is 5.69 Å². The van der Waals surface area contributed by atoms with Crippen molar-refractivity contribution in [3.8, 4) is 0 Å². The maximum absolute atomic E-state index is 10.7. The fourth-order valence-corrected chi connectivity index (χ4v) is 1.93. The third-order valence-electron chi connectivity index (χ3n) is 2.98. The molecule has 1 unspecified atom stereocenters. The van der Waals surface area contributed by atoms with Crippen LogP contribution >= 0.6 is 0 Å². The smallest absolute Gasteiger partial charge is 0.168 e. The molecule has 0 spiro atoms. The molecule has 0 N–H and O–H groups in total. The van der Waals surface area contributed by atoms with E-state index >= 15 is 0 Å². The van der Waals surface area contributed by atoms with E-state index < -0.39 is 0 Å². The first-order valence-electron chi connectivity index (χ1n) is 5.32. The largest absolute Gasteiger partial charge is 0.325 e. The lowest BCUT2D eigenvalue weighted by molar-refractivity contribution is 0.111. The van der Waals surface area contributed by atoms with Crippen molar-refractivity contribution in [1.29, 1.82) is 0 Å². The second kappa shape index (κ2) is 3.95. The first-order chi connectivity index (χ1) is 6.85. The number of imidazole rings is 1. The molecule has 1 saturated carbocycles. The van der Waals surface area contributed by atoms with Crippen LogP contribution in [0.15, 0.2) is 12.5 Å². The molecule has 1 atom stereocenters. The predicted octanol–water partition coefficient (Wildman–Crippen LogP) is 2.45. The lowest BCUT2D eigenvalue weighted by Crippen LogP contribution is -2.10. The molecule has 14 heavy (non-hydrogen) atoms. The second-order valence-electron chi connectivity index (χ2n) is 4.08. The number of hydrogen-bond acceptors (Lipinski definition) is 2. The Morgan fingerprint density at radius 2 is 2.50 bits per heavy atom. The Bertz CT molecular complexity index is 315. The average molecular weight is 192 g/mol. The molecule has 0 bridgehead atoms. The highest BCUT2D eigenvalue weighted by molar-refractivity contribution is 5.71. The molecule has 76 valence electrons. The molecule has 3 nitrogen and oxygen atoms in total. The molecule has 0 saturated heterocycles. The van der Waals surface area contributed by atoms with Crippen molar-refractivity contribution in [3.05, 3.63) is 18.2 Å². The molecule has 1 aliphatic rings. The summed E-state index contributed by atoms with van der Waals surface area (Å²) in [5, 5.41) is 0. The molecule has 0 aliphatic heterocycles. The van der Waals surface area contributed by atoms with Gasteiger partial charge in [-0.05, 0) is 18.8 Å². The molecule has 1 aromatic rings. The van der Waals surface area contributed by atoms with E-state index in [-0.39, 0.29) is 0 Å². The van der Waals surface area contributed by atoms with Gasteiger partial charge in [0, 0.05) is 6.04 Å². The standard InChI is InChI=1S/C11H16N2O/c1-2-10(5-9-3-4-9)13-8-12-6-11(13)7-14/h6-10H,2-5H2,1H3. The lowest BCUT2D eigenvalue weighted by atomic mass is 10.1. The van der Waals surface area contributed by atoms with Crippen LogP contribution in [0.3, 0.4) is 0 Å². The number of carbonyl (C=O) groups excluding carboxylic acids is 1. The summed E-state index contributed by atoms with van der Waals surface area (Å²) in [6.45, 7) is 2.17. The van der Waals surface area contributed by atoms with Crippen molar-refractivity contribution < 1.29 is 4.79 Å². The number of rotatable bonds is 5. The summed E-state index contributed by atoms with van der Waals surface area (Å²) < 4.78 is 2.02. The Kier molecular flexibility index (Phi) is 2.66. The Morgan fingerprint density at radius 1 is 1.71 bits per heavy atom. The molecule has 0 radical (unpaired) electrons. The molecule has 0 aromatic carbocycles. The van der Waals surface area contributed by atoms with Crippen molar-refractivity contribution in [3.63, 3.8) is 0 Å². The Morgan fingerprint density at radius 3 is 3.07 bits per heavy atom. The molecule has 1 heterocycles. The zero-order chi connectivity index (χ0) is 9.97. The van der Waals surface area contributed by atoms with Crippen LogP contribution in [0.2, 0.25) is 0 Å². The summed E-state index contributed by atoms with van der Waals surface area (Å²) in [5.41, 5.74) is 0.706. The minimum atomic E-state index is 0.463. The predicted molar refractivity (Wildman–Crippen MR) is 54.3 cm³/mol. The lowest BCUT2D eigenvalue weighted by Gasteiger charge is -2.17. The zero-order valence-electron chi connectivity index (χ0n) is 8.52. The topological polar surface area (TPSA) is 34.9 Å². The number of hydrogen-bond donors (Lipinski definition) is 0. The van der Waals surface area contributed by atoms with E-state index in [9.17, 15) is 4.79 Å². The zero-order valence-corrected chi connectivity index (χ0v) is 8.52. The molecule has 1 aromatic heterocycles. The normalized spacial score (nSPS) is 18.1. The van der Waals surface area contributed by atoms with Crippen molar-refractivity contribution in [1.82, 2.24) is 9.55 Å². The van der Waals surface area contributed by atoms with E-state index in [2.05, 4.69) is 11.9 Å². The maximum Gasteiger partial charge on any atom is 0.168 e. The maximum atomic E-state index is 10.7. The number of aldehydes is 1. The van der Waals surface area contributed by atoms with Crippen LogP contribution in [0.4, 0.5) is 0 Å². The third-order valence-corrected chi connectivity index (χ3v) is 2.98. The van der Waals surface area contributed by atoms with Gasteiger partial charge in [-0.2, -0.15) is 0 Å². The van der Waals surface area contributed by atoms with E-state index in [0.717, 1.165) is 18.6 Å². The summed E-state index contributed by atoms with van der Waals surface area (Å²) >= 11 is 0. The van der Waals surface area contributed by atoms with Gasteiger partial charge in [0.2, 0.25) is 0 Å². The van der Waals surface area contributed by atoms with E-state index in [0.29, 0.717) is 11.7 Å². The molecule has 3 heteroatoms. The van der Waals surface area contributed by atoms with Gasteiger partial charge in [0.15, 0.2) is 6.29 Å². The van der Waals surface area contributed by atoms with Crippen LogP contribution in [0.25, 0.3) is 0 Å². The highest BCUT2D eigenvalue weighted by atomic mass is 16.1. The van der Waals surface area contributed by atoms with Gasteiger partial charge >= 0.3 is 0 Å². The fraction of sp³-hybridized carbons (Fsp3) is 0.636. The molecule has 1 aliphatic carbocycles. The minimum absolute atomic E-state index is 0.463. The summed E-state index contributed by atoms with van der Waals surface area (Å²) in [4.78, 5) is 14.8. The highest BCUT2D eigenvalue weighted by Gasteiger charge is 2.26. The summed E-state index contributed by atoms with van der Waals surface area (Å²) in [6, 6.07) is 0.463. The summed E-state index contributed by atoms with van der Waals surface area (Å²) in [5.74, 6) is 0.891. The first kappa shape index (κ1) is 9.44. The highest BCUT2D eigenvalue weighted by Crippen LogP contribution is 2.38. The molecule has 1 fully saturated rings. The van der Waals surface area contributed by atoms with Gasteiger partial charge in [0.05, 0.1) is 12.5 Å². The van der Waals surface area contributed by atoms with Crippen molar-refractivity contribution in [2.45, 2.75) is 38.6 Å². The summed E-state index contributed by atoms with van der Waals surface area (Å²) in [6.07, 6.45) is 9.32. The molecule has 2 rings (SSSR count). The fourth-order valence-electron chi connectivity index (χ4n) is 1.93. The van der Waals surface area contributed by atoms with Crippen molar-refractivity contribution in [2.75, 3.05) is 0 Å². The van der Waals surface area contributed by atoms with Crippen LogP contribution in [0.5, 0.6) is 0 Å². The van der Waals surface area contributed by atoms with Crippen LogP contribution < -0.4 is 0 Å². The third kappa shape index (κ3) is 1.86. The molecule has 0 amide bonds. The molecular weight excluding hydrogens is 176 g/mol.